The van der Waals surface area contributed by atoms with Crippen LogP contribution in [0.3, 0.4) is 0 Å². The molecular formula is C24H29N4O7P. The van der Waals surface area contributed by atoms with E-state index in [2.05, 4.69) is 15.6 Å². The summed E-state index contributed by atoms with van der Waals surface area (Å²) in [4.78, 5) is 35.4. The quantitative estimate of drug-likeness (QED) is 0.335. The van der Waals surface area contributed by atoms with Crippen molar-refractivity contribution in [1.82, 2.24) is 14.9 Å². The number of para-hydroxylation sites is 1. The van der Waals surface area contributed by atoms with Gasteiger partial charge < -0.3 is 39.2 Å². The van der Waals surface area contributed by atoms with Crippen LogP contribution in [0, 0.1) is 0 Å². The lowest BCUT2D eigenvalue weighted by molar-refractivity contribution is -0.143. The molecule has 3 unspecified atom stereocenters. The number of ether oxygens (including phenoxy) is 3. The third kappa shape index (κ3) is 5.31. The van der Waals surface area contributed by atoms with Gasteiger partial charge in [0.05, 0.1) is 29.8 Å². The molecule has 0 spiro atoms. The molecular weight excluding hydrogens is 487 g/mol. The van der Waals surface area contributed by atoms with E-state index < -0.39 is 38.4 Å². The number of anilines is 1. The Kier molecular flexibility index (Phi) is 7.11. The lowest BCUT2D eigenvalue weighted by Crippen LogP contribution is -2.29. The first-order valence-electron chi connectivity index (χ1n) is 11.9. The second-order valence-electron chi connectivity index (χ2n) is 8.87. The Morgan fingerprint density at radius 2 is 1.86 bits per heavy atom. The largest absolute Gasteiger partial charge is 0.349 e. The molecule has 0 radical (unpaired) electrons. The standard InChI is InChI=1S/C24H29N4O7P/c1-2-25-24(29)27-16-9-6-10-17-20(16)26-14-28(17)23-22-21(18(33-23)11-12-36(30,31)32)34-19(35-22)13-15-7-4-3-5-8-15/h3-10,14,18-19,21-23H,2,11-13H2,1H3,(H2,25,27,29)(H2,30,31,32)/t18-,19?,21?,22?,23-/m1/s1. The molecule has 2 amide bonds. The van der Waals surface area contributed by atoms with Crippen LogP contribution in [0.2, 0.25) is 0 Å². The van der Waals surface area contributed by atoms with Crippen LogP contribution in [0.25, 0.3) is 11.0 Å². The van der Waals surface area contributed by atoms with Crippen molar-refractivity contribution in [2.24, 2.45) is 0 Å². The molecule has 4 N–H and O–H groups in total. The number of imidazole rings is 1. The maximum absolute atomic E-state index is 12.1. The summed E-state index contributed by atoms with van der Waals surface area (Å²) in [7, 11) is -4.21. The van der Waals surface area contributed by atoms with Crippen LogP contribution in [0.15, 0.2) is 54.9 Å². The van der Waals surface area contributed by atoms with E-state index in [1.54, 1.807) is 12.4 Å². The molecule has 5 rings (SSSR count). The Morgan fingerprint density at radius 3 is 2.61 bits per heavy atom. The number of aromatic nitrogens is 2. The first-order valence-corrected chi connectivity index (χ1v) is 13.7. The molecule has 2 aliphatic rings. The predicted octanol–water partition coefficient (Wildman–Crippen LogP) is 3.00. The van der Waals surface area contributed by atoms with Crippen molar-refractivity contribution in [3.05, 3.63) is 60.4 Å². The smallest absolute Gasteiger partial charge is 0.325 e. The number of urea groups is 1. The number of amides is 2. The van der Waals surface area contributed by atoms with Gasteiger partial charge in [0.1, 0.15) is 17.7 Å². The van der Waals surface area contributed by atoms with Crippen LogP contribution < -0.4 is 10.6 Å². The van der Waals surface area contributed by atoms with E-state index in [0.717, 1.165) is 11.1 Å². The highest BCUT2D eigenvalue weighted by molar-refractivity contribution is 7.51. The van der Waals surface area contributed by atoms with Gasteiger partial charge in [-0.1, -0.05) is 36.4 Å². The van der Waals surface area contributed by atoms with Crippen LogP contribution >= 0.6 is 7.60 Å². The van der Waals surface area contributed by atoms with Gasteiger partial charge in [0.2, 0.25) is 0 Å². The number of rotatable bonds is 8. The maximum atomic E-state index is 12.1. The Labute approximate surface area is 207 Å². The molecule has 0 saturated carbocycles. The number of carbonyl (C=O) groups is 1. The van der Waals surface area contributed by atoms with Crippen LogP contribution in [-0.4, -0.2) is 62.7 Å². The molecule has 192 valence electrons. The van der Waals surface area contributed by atoms with Crippen molar-refractivity contribution in [2.75, 3.05) is 18.0 Å². The van der Waals surface area contributed by atoms with Gasteiger partial charge >= 0.3 is 13.6 Å². The number of nitrogens with one attached hydrogen (secondary N) is 2. The first-order chi connectivity index (χ1) is 17.3. The highest BCUT2D eigenvalue weighted by Gasteiger charge is 2.53. The molecule has 0 bridgehead atoms. The first kappa shape index (κ1) is 24.9. The van der Waals surface area contributed by atoms with Crippen LogP contribution in [-0.2, 0) is 25.2 Å². The van der Waals surface area contributed by atoms with E-state index >= 15 is 0 Å². The summed E-state index contributed by atoms with van der Waals surface area (Å²) in [6.45, 7) is 2.33. The molecule has 1 aromatic heterocycles. The highest BCUT2D eigenvalue weighted by Crippen LogP contribution is 2.45. The van der Waals surface area contributed by atoms with Gasteiger partial charge in [-0.05, 0) is 31.0 Å². The van der Waals surface area contributed by atoms with Crippen molar-refractivity contribution >= 4 is 30.3 Å². The summed E-state index contributed by atoms with van der Waals surface area (Å²) in [6.07, 6.45) is -0.736. The van der Waals surface area contributed by atoms with Gasteiger partial charge in [-0.15, -0.1) is 0 Å². The third-order valence-corrected chi connectivity index (χ3v) is 7.16. The Balaban J connectivity index is 1.41. The van der Waals surface area contributed by atoms with Crippen LogP contribution in [0.1, 0.15) is 25.1 Å². The molecule has 2 aliphatic heterocycles. The Bertz CT molecular complexity index is 1260. The van der Waals surface area contributed by atoms with Crippen molar-refractivity contribution in [1.29, 1.82) is 0 Å². The average Bonchev–Trinajstić information content (AvgIpc) is 3.52. The monoisotopic (exact) mass is 516 g/mol. The SMILES string of the molecule is CCNC(=O)Nc1cccc2c1ncn2[C@@H]1O[C@H](CCP(=O)(O)O)C2OC(Cc3ccccc3)OC21. The number of nitrogens with zero attached hydrogens (tertiary/aromatic N) is 2. The number of fused-ring (bicyclic) bond motifs is 2. The minimum absolute atomic E-state index is 0.125. The number of hydrogen-bond donors (Lipinski definition) is 4. The fourth-order valence-electron chi connectivity index (χ4n) is 4.74. The molecule has 2 saturated heterocycles. The van der Waals surface area contributed by atoms with E-state index in [0.29, 0.717) is 24.2 Å². The maximum Gasteiger partial charge on any atom is 0.325 e. The fourth-order valence-corrected chi connectivity index (χ4v) is 5.33. The second-order valence-corrected chi connectivity index (χ2v) is 10.6. The Hall–Kier alpha value is -2.79. The zero-order valence-corrected chi connectivity index (χ0v) is 20.6. The summed E-state index contributed by atoms with van der Waals surface area (Å²) >= 11 is 0. The summed E-state index contributed by atoms with van der Waals surface area (Å²) < 4.78 is 32.1. The summed E-state index contributed by atoms with van der Waals surface area (Å²) in [5, 5.41) is 5.50. The lowest BCUT2D eigenvalue weighted by Gasteiger charge is -2.22. The summed E-state index contributed by atoms with van der Waals surface area (Å²) in [5.41, 5.74) is 2.91. The molecule has 11 nitrogen and oxygen atoms in total. The second kappa shape index (κ2) is 10.3. The fraction of sp³-hybridized carbons (Fsp3) is 0.417. The summed E-state index contributed by atoms with van der Waals surface area (Å²) in [5.74, 6) is 0. The van der Waals surface area contributed by atoms with E-state index in [1.807, 2.05) is 54.0 Å². The predicted molar refractivity (Wildman–Crippen MR) is 132 cm³/mol. The lowest BCUT2D eigenvalue weighted by atomic mass is 10.1. The van der Waals surface area contributed by atoms with Gasteiger partial charge in [0.25, 0.3) is 0 Å². The molecule has 36 heavy (non-hydrogen) atoms. The number of benzene rings is 2. The molecule has 0 aliphatic carbocycles. The minimum Gasteiger partial charge on any atom is -0.349 e. The van der Waals surface area contributed by atoms with Crippen LogP contribution in [0.4, 0.5) is 10.5 Å². The minimum atomic E-state index is -4.21. The van der Waals surface area contributed by atoms with E-state index in [1.165, 1.54) is 0 Å². The third-order valence-electron chi connectivity index (χ3n) is 6.32. The number of hydrogen-bond acceptors (Lipinski definition) is 6. The zero-order valence-electron chi connectivity index (χ0n) is 19.7. The van der Waals surface area contributed by atoms with Crippen LogP contribution in [0.5, 0.6) is 0 Å². The number of carbonyl (C=O) groups excluding carboxylic acids is 1. The van der Waals surface area contributed by atoms with Gasteiger partial charge in [-0.3, -0.25) is 4.57 Å². The van der Waals surface area contributed by atoms with Gasteiger partial charge in [-0.25, -0.2) is 9.78 Å². The Morgan fingerprint density at radius 1 is 1.08 bits per heavy atom. The topological polar surface area (TPSA) is 144 Å². The van der Waals surface area contributed by atoms with E-state index in [9.17, 15) is 19.1 Å². The highest BCUT2D eigenvalue weighted by atomic mass is 31.2. The normalized spacial score (nSPS) is 25.7. The van der Waals surface area contributed by atoms with E-state index in [4.69, 9.17) is 14.2 Å². The molecule has 3 aromatic rings. The van der Waals surface area contributed by atoms with Gasteiger partial charge in [0, 0.05) is 13.0 Å². The molecule has 3 heterocycles. The van der Waals surface area contributed by atoms with Crippen molar-refractivity contribution in [3.63, 3.8) is 0 Å². The average molecular weight is 516 g/mol. The summed E-state index contributed by atoms with van der Waals surface area (Å²) in [6, 6.07) is 14.9. The zero-order chi connectivity index (χ0) is 25.3. The molecule has 2 aromatic carbocycles. The van der Waals surface area contributed by atoms with Crippen molar-refractivity contribution < 1.29 is 33.4 Å². The molecule has 12 heteroatoms. The van der Waals surface area contributed by atoms with Gasteiger partial charge in [0.15, 0.2) is 12.5 Å². The van der Waals surface area contributed by atoms with E-state index in [-0.39, 0.29) is 18.6 Å². The molecule has 5 atom stereocenters. The van der Waals surface area contributed by atoms with Gasteiger partial charge in [-0.2, -0.15) is 0 Å². The molecule has 2 fully saturated rings. The van der Waals surface area contributed by atoms with Crippen molar-refractivity contribution in [3.8, 4) is 0 Å². The van der Waals surface area contributed by atoms with Crippen molar-refractivity contribution in [2.45, 2.75) is 50.6 Å².